The van der Waals surface area contributed by atoms with Gasteiger partial charge in [0.15, 0.2) is 0 Å². The molecule has 6 heteroatoms. The molecule has 2 aliphatic heterocycles. The van der Waals surface area contributed by atoms with Gasteiger partial charge in [-0.15, -0.1) is 0 Å². The summed E-state index contributed by atoms with van der Waals surface area (Å²) in [4.78, 5) is 12.7. The zero-order valence-electron chi connectivity index (χ0n) is 11.1. The molecule has 0 saturated carbocycles. The molecule has 0 aromatic heterocycles. The van der Waals surface area contributed by atoms with Crippen LogP contribution in [0.25, 0.3) is 0 Å². The highest BCUT2D eigenvalue weighted by Crippen LogP contribution is 2.40. The van der Waals surface area contributed by atoms with Crippen LogP contribution in [-0.4, -0.2) is 33.3 Å². The Morgan fingerprint density at radius 1 is 1.30 bits per heavy atom. The maximum Gasteiger partial charge on any atom is 0.275 e. The first-order chi connectivity index (χ1) is 9.60. The van der Waals surface area contributed by atoms with Crippen LogP contribution in [0.5, 0.6) is 0 Å². The Labute approximate surface area is 116 Å². The van der Waals surface area contributed by atoms with E-state index in [1.54, 1.807) is 12.1 Å². The Bertz CT molecular complexity index is 520. The highest BCUT2D eigenvalue weighted by atomic mass is 16.6. The largest absolute Gasteiger partial charge is 0.393 e. The fourth-order valence-electron chi connectivity index (χ4n) is 3.61. The standard InChI is InChI=1S/C14H18N2O4/c17-8-9-5-10(3-4-14(9)16(19)20)15-11-1-2-12(15)7-13(18)6-11/h3-5,11-13,17-18H,1-2,6-8H2. The summed E-state index contributed by atoms with van der Waals surface area (Å²) in [5, 5.41) is 30.0. The smallest absolute Gasteiger partial charge is 0.275 e. The highest BCUT2D eigenvalue weighted by molar-refractivity contribution is 5.57. The molecule has 2 fully saturated rings. The van der Waals surface area contributed by atoms with E-state index in [-0.39, 0.29) is 18.4 Å². The maximum absolute atomic E-state index is 10.9. The molecule has 3 rings (SSSR count). The Kier molecular flexibility index (Phi) is 3.35. The van der Waals surface area contributed by atoms with Crippen molar-refractivity contribution in [1.82, 2.24) is 0 Å². The molecule has 1 aromatic rings. The minimum absolute atomic E-state index is 0.0411. The maximum atomic E-state index is 10.9. The number of piperidine rings is 1. The number of hydrogen-bond donors (Lipinski definition) is 2. The number of nitro benzene ring substituents is 1. The van der Waals surface area contributed by atoms with E-state index >= 15 is 0 Å². The van der Waals surface area contributed by atoms with Crippen LogP contribution in [0.2, 0.25) is 0 Å². The molecule has 0 radical (unpaired) electrons. The van der Waals surface area contributed by atoms with E-state index in [2.05, 4.69) is 4.90 Å². The summed E-state index contributed by atoms with van der Waals surface area (Å²) in [6.45, 7) is -0.337. The second-order valence-corrected chi connectivity index (χ2v) is 5.65. The van der Waals surface area contributed by atoms with Gasteiger partial charge < -0.3 is 15.1 Å². The minimum Gasteiger partial charge on any atom is -0.393 e. The number of benzene rings is 1. The molecule has 0 spiro atoms. The summed E-state index contributed by atoms with van der Waals surface area (Å²) in [5.41, 5.74) is 1.22. The second kappa shape index (κ2) is 5.03. The van der Waals surface area contributed by atoms with Gasteiger partial charge in [0.1, 0.15) is 0 Å². The van der Waals surface area contributed by atoms with Gasteiger partial charge in [0, 0.05) is 23.8 Å². The first-order valence-corrected chi connectivity index (χ1v) is 6.94. The van der Waals surface area contributed by atoms with Crippen molar-refractivity contribution < 1.29 is 15.1 Å². The molecule has 2 aliphatic rings. The normalized spacial score (nSPS) is 28.7. The first kappa shape index (κ1) is 13.3. The van der Waals surface area contributed by atoms with Gasteiger partial charge in [-0.1, -0.05) is 0 Å². The Balaban J connectivity index is 1.93. The van der Waals surface area contributed by atoms with E-state index in [0.29, 0.717) is 17.6 Å². The number of fused-ring (bicyclic) bond motifs is 2. The van der Waals surface area contributed by atoms with Crippen molar-refractivity contribution in [1.29, 1.82) is 0 Å². The number of hydrogen-bond acceptors (Lipinski definition) is 5. The van der Waals surface area contributed by atoms with Crippen LogP contribution in [0.1, 0.15) is 31.2 Å². The second-order valence-electron chi connectivity index (χ2n) is 5.65. The van der Waals surface area contributed by atoms with Crippen LogP contribution in [0, 0.1) is 10.1 Å². The molecule has 108 valence electrons. The topological polar surface area (TPSA) is 86.8 Å². The molecule has 2 heterocycles. The summed E-state index contributed by atoms with van der Waals surface area (Å²) in [6, 6.07) is 5.53. The van der Waals surface area contributed by atoms with E-state index in [0.717, 1.165) is 31.4 Å². The highest BCUT2D eigenvalue weighted by Gasteiger charge is 2.40. The zero-order chi connectivity index (χ0) is 14.3. The van der Waals surface area contributed by atoms with Gasteiger partial charge in [-0.3, -0.25) is 10.1 Å². The molecule has 2 bridgehead atoms. The molecule has 2 atom stereocenters. The van der Waals surface area contributed by atoms with Crippen molar-refractivity contribution in [2.24, 2.45) is 0 Å². The van der Waals surface area contributed by atoms with E-state index in [1.165, 1.54) is 6.07 Å². The molecular weight excluding hydrogens is 260 g/mol. The number of nitrogens with zero attached hydrogens (tertiary/aromatic N) is 2. The van der Waals surface area contributed by atoms with Crippen LogP contribution in [0.3, 0.4) is 0 Å². The lowest BCUT2D eigenvalue weighted by atomic mass is 9.98. The van der Waals surface area contributed by atoms with Crippen molar-refractivity contribution in [3.63, 3.8) is 0 Å². The van der Waals surface area contributed by atoms with Gasteiger partial charge in [0.25, 0.3) is 5.69 Å². The van der Waals surface area contributed by atoms with Gasteiger partial charge in [-0.2, -0.15) is 0 Å². The third-order valence-corrected chi connectivity index (χ3v) is 4.44. The molecule has 6 nitrogen and oxygen atoms in total. The number of anilines is 1. The molecule has 2 saturated heterocycles. The third-order valence-electron chi connectivity index (χ3n) is 4.44. The number of nitro groups is 1. The average molecular weight is 278 g/mol. The van der Waals surface area contributed by atoms with Crippen molar-refractivity contribution in [2.75, 3.05) is 4.90 Å². The van der Waals surface area contributed by atoms with E-state index in [9.17, 15) is 20.3 Å². The number of rotatable bonds is 3. The molecule has 0 amide bonds. The summed E-state index contributed by atoms with van der Waals surface area (Å²) < 4.78 is 0. The van der Waals surface area contributed by atoms with Gasteiger partial charge in [0.2, 0.25) is 0 Å². The fourth-order valence-corrected chi connectivity index (χ4v) is 3.61. The van der Waals surface area contributed by atoms with Crippen molar-refractivity contribution >= 4 is 11.4 Å². The predicted octanol–water partition coefficient (Wildman–Crippen LogP) is 1.58. The monoisotopic (exact) mass is 278 g/mol. The van der Waals surface area contributed by atoms with Gasteiger partial charge in [-0.05, 0) is 37.8 Å². The predicted molar refractivity (Wildman–Crippen MR) is 73.5 cm³/mol. The third kappa shape index (κ3) is 2.14. The Morgan fingerprint density at radius 2 is 1.95 bits per heavy atom. The average Bonchev–Trinajstić information content (AvgIpc) is 2.70. The van der Waals surface area contributed by atoms with Gasteiger partial charge in [0.05, 0.1) is 23.2 Å². The Hall–Kier alpha value is -1.66. The quantitative estimate of drug-likeness (QED) is 0.647. The van der Waals surface area contributed by atoms with Crippen LogP contribution in [-0.2, 0) is 6.61 Å². The van der Waals surface area contributed by atoms with Gasteiger partial charge >= 0.3 is 0 Å². The summed E-state index contributed by atoms with van der Waals surface area (Å²) in [6.07, 6.45) is 3.36. The lowest BCUT2D eigenvalue weighted by Crippen LogP contribution is -2.44. The fraction of sp³-hybridized carbons (Fsp3) is 0.571. The Morgan fingerprint density at radius 3 is 2.50 bits per heavy atom. The SMILES string of the molecule is O=[N+]([O-])c1ccc(N2C3CCC2CC(O)C3)cc1CO. The number of aliphatic hydroxyl groups excluding tert-OH is 2. The summed E-state index contributed by atoms with van der Waals surface area (Å²) in [7, 11) is 0. The van der Waals surface area contributed by atoms with Crippen LogP contribution in [0.4, 0.5) is 11.4 Å². The lowest BCUT2D eigenvalue weighted by molar-refractivity contribution is -0.385. The van der Waals surface area contributed by atoms with E-state index in [4.69, 9.17) is 0 Å². The van der Waals surface area contributed by atoms with E-state index in [1.807, 2.05) is 0 Å². The molecular formula is C14H18N2O4. The van der Waals surface area contributed by atoms with Crippen molar-refractivity contribution in [3.8, 4) is 0 Å². The molecule has 20 heavy (non-hydrogen) atoms. The zero-order valence-corrected chi connectivity index (χ0v) is 11.1. The van der Waals surface area contributed by atoms with Crippen LogP contribution in [0.15, 0.2) is 18.2 Å². The first-order valence-electron chi connectivity index (χ1n) is 6.94. The molecule has 0 aliphatic carbocycles. The number of aliphatic hydroxyl groups is 2. The van der Waals surface area contributed by atoms with Crippen LogP contribution < -0.4 is 4.90 Å². The lowest BCUT2D eigenvalue weighted by Gasteiger charge is -2.39. The molecule has 2 N–H and O–H groups in total. The van der Waals surface area contributed by atoms with Gasteiger partial charge in [-0.25, -0.2) is 0 Å². The molecule has 2 unspecified atom stereocenters. The van der Waals surface area contributed by atoms with E-state index < -0.39 is 4.92 Å². The minimum atomic E-state index is -0.468. The molecule has 1 aromatic carbocycles. The van der Waals surface area contributed by atoms with Crippen LogP contribution >= 0.6 is 0 Å². The van der Waals surface area contributed by atoms with Crippen molar-refractivity contribution in [2.45, 2.75) is 50.5 Å². The summed E-state index contributed by atoms with van der Waals surface area (Å²) >= 11 is 0. The summed E-state index contributed by atoms with van der Waals surface area (Å²) in [5.74, 6) is 0. The van der Waals surface area contributed by atoms with Crippen molar-refractivity contribution in [3.05, 3.63) is 33.9 Å².